The van der Waals surface area contributed by atoms with Crippen LogP contribution in [0.1, 0.15) is 57.1 Å². The first-order valence-corrected chi connectivity index (χ1v) is 9.00. The Morgan fingerprint density at radius 3 is 2.78 bits per heavy atom. The number of aliphatic hydroxyl groups excluding tert-OH is 1. The van der Waals surface area contributed by atoms with Crippen molar-refractivity contribution >= 4 is 0 Å². The first-order valence-electron chi connectivity index (χ1n) is 9.00. The molecule has 3 aliphatic carbocycles. The smallest absolute Gasteiger partial charge is 0.119 e. The van der Waals surface area contributed by atoms with E-state index in [2.05, 4.69) is 39.0 Å². The molecule has 5 atom stereocenters. The van der Waals surface area contributed by atoms with E-state index in [1.807, 2.05) is 0 Å². The predicted molar refractivity (Wildman–Crippen MR) is 92.8 cm³/mol. The van der Waals surface area contributed by atoms with Crippen LogP contribution in [0.3, 0.4) is 0 Å². The van der Waals surface area contributed by atoms with Gasteiger partial charge in [0, 0.05) is 5.41 Å². The molecule has 124 valence electrons. The molecule has 0 spiro atoms. The van der Waals surface area contributed by atoms with Crippen molar-refractivity contribution in [2.45, 2.75) is 58.5 Å². The third-order valence-electron chi connectivity index (χ3n) is 6.96. The predicted octanol–water partition coefficient (Wildman–Crippen LogP) is 4.47. The number of ether oxygens (including phenoxy) is 1. The molecule has 2 nitrogen and oxygen atoms in total. The minimum Gasteiger partial charge on any atom is -0.497 e. The monoisotopic (exact) mass is 312 g/mol. The van der Waals surface area contributed by atoms with E-state index >= 15 is 0 Å². The van der Waals surface area contributed by atoms with Crippen LogP contribution in [-0.2, 0) is 6.42 Å². The van der Waals surface area contributed by atoms with Crippen LogP contribution < -0.4 is 4.74 Å². The number of aliphatic hydroxyl groups is 1. The summed E-state index contributed by atoms with van der Waals surface area (Å²) in [6.07, 6.45) is 4.12. The zero-order valence-corrected chi connectivity index (χ0v) is 14.7. The van der Waals surface area contributed by atoms with E-state index < -0.39 is 0 Å². The fourth-order valence-corrected chi connectivity index (χ4v) is 5.85. The van der Waals surface area contributed by atoms with Crippen LogP contribution >= 0.6 is 0 Å². The molecule has 1 N–H and O–H groups in total. The molecule has 23 heavy (non-hydrogen) atoms. The van der Waals surface area contributed by atoms with E-state index in [0.717, 1.165) is 25.0 Å². The zero-order chi connectivity index (χ0) is 16.4. The minimum atomic E-state index is -0.178. The molecule has 0 aliphatic heterocycles. The third kappa shape index (κ3) is 2.04. The zero-order valence-electron chi connectivity index (χ0n) is 14.7. The first kappa shape index (κ1) is 15.3. The molecular weight excluding hydrogens is 284 g/mol. The Kier molecular flexibility index (Phi) is 3.39. The Hall–Kier alpha value is -1.28. The minimum absolute atomic E-state index is 0.0173. The average molecular weight is 312 g/mol. The molecule has 0 unspecified atom stereocenters. The van der Waals surface area contributed by atoms with E-state index in [1.165, 1.54) is 23.1 Å². The SMILES string of the molecule is COc1ccc2c(c1)C[C@@H](C)[C@H]1C3=C(C)C[C@H](O)[C@@]3(C)CC[C@H]21. The van der Waals surface area contributed by atoms with Crippen LogP contribution in [0.2, 0.25) is 0 Å². The summed E-state index contributed by atoms with van der Waals surface area (Å²) in [6, 6.07) is 6.65. The van der Waals surface area contributed by atoms with Crippen molar-refractivity contribution in [3.05, 3.63) is 40.5 Å². The normalized spacial score (nSPS) is 38.8. The van der Waals surface area contributed by atoms with Crippen molar-refractivity contribution in [1.29, 1.82) is 0 Å². The van der Waals surface area contributed by atoms with Crippen LogP contribution in [0.15, 0.2) is 29.3 Å². The van der Waals surface area contributed by atoms with Gasteiger partial charge in [-0.05, 0) is 73.6 Å². The number of hydrogen-bond donors (Lipinski definition) is 1. The van der Waals surface area contributed by atoms with Gasteiger partial charge in [0.25, 0.3) is 0 Å². The molecule has 0 bridgehead atoms. The van der Waals surface area contributed by atoms with Gasteiger partial charge >= 0.3 is 0 Å². The maximum Gasteiger partial charge on any atom is 0.119 e. The second kappa shape index (κ2) is 5.11. The Morgan fingerprint density at radius 2 is 2.04 bits per heavy atom. The van der Waals surface area contributed by atoms with Crippen molar-refractivity contribution in [3.63, 3.8) is 0 Å². The summed E-state index contributed by atoms with van der Waals surface area (Å²) in [4.78, 5) is 0. The first-order chi connectivity index (χ1) is 11.0. The van der Waals surface area contributed by atoms with Crippen molar-refractivity contribution in [2.24, 2.45) is 17.3 Å². The molecule has 3 aliphatic rings. The quantitative estimate of drug-likeness (QED) is 0.775. The van der Waals surface area contributed by atoms with Gasteiger partial charge in [0.1, 0.15) is 5.75 Å². The van der Waals surface area contributed by atoms with Gasteiger partial charge in [-0.15, -0.1) is 0 Å². The molecule has 0 saturated heterocycles. The number of fused-ring (bicyclic) bond motifs is 5. The molecule has 1 aromatic carbocycles. The highest BCUT2D eigenvalue weighted by atomic mass is 16.5. The molecule has 1 aromatic rings. The van der Waals surface area contributed by atoms with Gasteiger partial charge in [0.05, 0.1) is 13.2 Å². The molecule has 0 heterocycles. The lowest BCUT2D eigenvalue weighted by atomic mass is 9.55. The topological polar surface area (TPSA) is 29.5 Å². The van der Waals surface area contributed by atoms with Crippen LogP contribution in [0.4, 0.5) is 0 Å². The van der Waals surface area contributed by atoms with Crippen LogP contribution in [-0.4, -0.2) is 18.3 Å². The Labute approximate surface area is 139 Å². The largest absolute Gasteiger partial charge is 0.497 e. The maximum atomic E-state index is 10.6. The summed E-state index contributed by atoms with van der Waals surface area (Å²) in [7, 11) is 1.75. The van der Waals surface area contributed by atoms with Gasteiger partial charge in [0.15, 0.2) is 0 Å². The summed E-state index contributed by atoms with van der Waals surface area (Å²) in [5, 5.41) is 10.6. The Balaban J connectivity index is 1.80. The van der Waals surface area contributed by atoms with Gasteiger partial charge in [-0.25, -0.2) is 0 Å². The van der Waals surface area contributed by atoms with E-state index in [4.69, 9.17) is 4.74 Å². The highest BCUT2D eigenvalue weighted by Gasteiger charge is 2.53. The highest BCUT2D eigenvalue weighted by molar-refractivity contribution is 5.45. The van der Waals surface area contributed by atoms with E-state index in [1.54, 1.807) is 12.7 Å². The second-order valence-corrected chi connectivity index (χ2v) is 8.25. The van der Waals surface area contributed by atoms with Crippen molar-refractivity contribution in [1.82, 2.24) is 0 Å². The molecule has 1 fully saturated rings. The standard InChI is InChI=1S/C21H28O2/c1-12-9-14-11-15(23-4)5-6-16(14)17-7-8-21(3)18(22)10-13(2)20(21)19(12)17/h5-6,11-12,17-19,22H,7-10H2,1-4H3/t12-,17-,18+,19-,21-/m1/s1. The van der Waals surface area contributed by atoms with Crippen molar-refractivity contribution in [2.75, 3.05) is 7.11 Å². The lowest BCUT2D eigenvalue weighted by Gasteiger charge is -2.50. The van der Waals surface area contributed by atoms with Crippen molar-refractivity contribution in [3.8, 4) is 5.75 Å². The second-order valence-electron chi connectivity index (χ2n) is 8.25. The highest BCUT2D eigenvalue weighted by Crippen LogP contribution is 2.61. The van der Waals surface area contributed by atoms with Crippen LogP contribution in [0.25, 0.3) is 0 Å². The van der Waals surface area contributed by atoms with Crippen LogP contribution in [0, 0.1) is 17.3 Å². The number of methoxy groups -OCH3 is 1. The van der Waals surface area contributed by atoms with Gasteiger partial charge in [-0.3, -0.25) is 0 Å². The molecule has 0 amide bonds. The number of benzene rings is 1. The summed E-state index contributed by atoms with van der Waals surface area (Å²) in [5.74, 6) is 2.82. The lowest BCUT2D eigenvalue weighted by Crippen LogP contribution is -2.42. The Bertz CT molecular complexity index is 674. The van der Waals surface area contributed by atoms with E-state index in [9.17, 15) is 5.11 Å². The summed E-state index contributed by atoms with van der Waals surface area (Å²) >= 11 is 0. The summed E-state index contributed by atoms with van der Waals surface area (Å²) in [6.45, 7) is 6.95. The summed E-state index contributed by atoms with van der Waals surface area (Å²) in [5.41, 5.74) is 6.06. The molecular formula is C21H28O2. The van der Waals surface area contributed by atoms with Crippen molar-refractivity contribution < 1.29 is 9.84 Å². The fraction of sp³-hybridized carbons (Fsp3) is 0.619. The number of hydrogen-bond acceptors (Lipinski definition) is 2. The maximum absolute atomic E-state index is 10.6. The number of rotatable bonds is 1. The van der Waals surface area contributed by atoms with Gasteiger partial charge in [0.2, 0.25) is 0 Å². The van der Waals surface area contributed by atoms with E-state index in [0.29, 0.717) is 17.8 Å². The molecule has 4 rings (SSSR count). The fourth-order valence-electron chi connectivity index (χ4n) is 5.85. The molecule has 2 heteroatoms. The van der Waals surface area contributed by atoms with E-state index in [-0.39, 0.29) is 11.5 Å². The average Bonchev–Trinajstić information content (AvgIpc) is 2.76. The Morgan fingerprint density at radius 1 is 1.26 bits per heavy atom. The van der Waals surface area contributed by atoms with Gasteiger partial charge in [-0.2, -0.15) is 0 Å². The summed E-state index contributed by atoms with van der Waals surface area (Å²) < 4.78 is 5.43. The molecule has 0 radical (unpaired) electrons. The molecule has 1 saturated carbocycles. The van der Waals surface area contributed by atoms with Gasteiger partial charge < -0.3 is 9.84 Å². The lowest BCUT2D eigenvalue weighted by molar-refractivity contribution is 0.0407. The molecule has 0 aromatic heterocycles. The third-order valence-corrected chi connectivity index (χ3v) is 6.96. The van der Waals surface area contributed by atoms with Gasteiger partial charge in [-0.1, -0.05) is 31.1 Å². The van der Waals surface area contributed by atoms with Crippen LogP contribution in [0.5, 0.6) is 5.75 Å².